The molecule has 0 spiro atoms. The SMILES string of the molecule is CCCNC(C1=CCCCO1)C1CCCC(C(F)(F)F)C1. The zero-order valence-electron chi connectivity index (χ0n) is 12.7. The second-order valence-corrected chi connectivity index (χ2v) is 6.19. The number of halogens is 3. The maximum atomic E-state index is 13.0. The molecule has 3 atom stereocenters. The van der Waals surface area contributed by atoms with E-state index in [9.17, 15) is 13.2 Å². The highest BCUT2D eigenvalue weighted by Crippen LogP contribution is 2.42. The summed E-state index contributed by atoms with van der Waals surface area (Å²) in [7, 11) is 0. The van der Waals surface area contributed by atoms with Crippen molar-refractivity contribution in [3.05, 3.63) is 11.8 Å². The molecule has 5 heteroatoms. The molecule has 1 heterocycles. The van der Waals surface area contributed by atoms with Gasteiger partial charge in [0.1, 0.15) is 5.76 Å². The van der Waals surface area contributed by atoms with Crippen LogP contribution in [0.1, 0.15) is 51.9 Å². The van der Waals surface area contributed by atoms with Gasteiger partial charge in [0.2, 0.25) is 0 Å². The van der Waals surface area contributed by atoms with Gasteiger partial charge in [-0.15, -0.1) is 0 Å². The Hall–Kier alpha value is -0.710. The maximum Gasteiger partial charge on any atom is 0.391 e. The molecule has 2 rings (SSSR count). The van der Waals surface area contributed by atoms with E-state index in [0.717, 1.165) is 38.0 Å². The summed E-state index contributed by atoms with van der Waals surface area (Å²) in [4.78, 5) is 0. The molecule has 1 saturated carbocycles. The lowest BCUT2D eigenvalue weighted by Gasteiger charge is -2.37. The van der Waals surface area contributed by atoms with Crippen LogP contribution in [0, 0.1) is 11.8 Å². The van der Waals surface area contributed by atoms with Gasteiger partial charge in [0.25, 0.3) is 0 Å². The zero-order valence-corrected chi connectivity index (χ0v) is 12.7. The van der Waals surface area contributed by atoms with Crippen LogP contribution in [0.4, 0.5) is 13.2 Å². The lowest BCUT2D eigenvalue weighted by atomic mass is 9.76. The van der Waals surface area contributed by atoms with Gasteiger partial charge in [-0.05, 0) is 57.1 Å². The van der Waals surface area contributed by atoms with Gasteiger partial charge in [-0.3, -0.25) is 0 Å². The first kappa shape index (κ1) is 16.7. The minimum absolute atomic E-state index is 0.0290. The Morgan fingerprint density at radius 2 is 2.14 bits per heavy atom. The highest BCUT2D eigenvalue weighted by molar-refractivity contribution is 5.08. The fourth-order valence-electron chi connectivity index (χ4n) is 3.42. The van der Waals surface area contributed by atoms with Gasteiger partial charge in [0.05, 0.1) is 18.6 Å². The lowest BCUT2D eigenvalue weighted by molar-refractivity contribution is -0.186. The van der Waals surface area contributed by atoms with Crippen LogP contribution in [0.25, 0.3) is 0 Å². The van der Waals surface area contributed by atoms with Gasteiger partial charge in [0.15, 0.2) is 0 Å². The highest BCUT2D eigenvalue weighted by atomic mass is 19.4. The molecule has 0 aromatic heterocycles. The number of allylic oxidation sites excluding steroid dienone is 1. The van der Waals surface area contributed by atoms with Gasteiger partial charge < -0.3 is 10.1 Å². The van der Waals surface area contributed by atoms with E-state index in [1.807, 2.05) is 0 Å². The third kappa shape index (κ3) is 4.63. The first-order valence-electron chi connectivity index (χ1n) is 8.15. The second-order valence-electron chi connectivity index (χ2n) is 6.19. The first-order chi connectivity index (χ1) is 10.0. The van der Waals surface area contributed by atoms with Gasteiger partial charge in [-0.2, -0.15) is 13.2 Å². The van der Waals surface area contributed by atoms with Crippen molar-refractivity contribution in [2.24, 2.45) is 11.8 Å². The van der Waals surface area contributed by atoms with Crippen LogP contribution in [0.3, 0.4) is 0 Å². The Balaban J connectivity index is 2.06. The van der Waals surface area contributed by atoms with E-state index < -0.39 is 12.1 Å². The van der Waals surface area contributed by atoms with E-state index in [1.165, 1.54) is 0 Å². The molecular formula is C16H26F3NO. The molecule has 1 aliphatic heterocycles. The van der Waals surface area contributed by atoms with Crippen LogP contribution in [-0.4, -0.2) is 25.4 Å². The molecule has 0 saturated heterocycles. The molecular weight excluding hydrogens is 279 g/mol. The van der Waals surface area contributed by atoms with Gasteiger partial charge in [-0.25, -0.2) is 0 Å². The molecule has 0 radical (unpaired) electrons. The summed E-state index contributed by atoms with van der Waals surface area (Å²) in [6.07, 6.45) is 2.96. The van der Waals surface area contributed by atoms with Crippen molar-refractivity contribution in [1.29, 1.82) is 0 Å². The average molecular weight is 305 g/mol. The number of ether oxygens (including phenoxy) is 1. The van der Waals surface area contributed by atoms with Crippen LogP contribution in [0.15, 0.2) is 11.8 Å². The minimum Gasteiger partial charge on any atom is -0.497 e. The maximum absolute atomic E-state index is 13.0. The largest absolute Gasteiger partial charge is 0.497 e. The molecule has 1 fully saturated rings. The monoisotopic (exact) mass is 305 g/mol. The molecule has 0 bridgehead atoms. The standard InChI is InChI=1S/C16H26F3NO/c1-2-9-20-15(14-8-3-4-10-21-14)12-6-5-7-13(11-12)16(17,18)19/h8,12-13,15,20H,2-7,9-11H2,1H3. The van der Waals surface area contributed by atoms with Gasteiger partial charge in [-0.1, -0.05) is 13.3 Å². The topological polar surface area (TPSA) is 21.3 Å². The summed E-state index contributed by atoms with van der Waals surface area (Å²) in [6, 6.07) is -0.0459. The Morgan fingerprint density at radius 3 is 2.76 bits per heavy atom. The molecule has 1 aliphatic carbocycles. The van der Waals surface area contributed by atoms with E-state index in [-0.39, 0.29) is 24.8 Å². The van der Waals surface area contributed by atoms with Crippen molar-refractivity contribution in [3.63, 3.8) is 0 Å². The fourth-order valence-corrected chi connectivity index (χ4v) is 3.42. The van der Waals surface area contributed by atoms with Gasteiger partial charge in [0, 0.05) is 0 Å². The van der Waals surface area contributed by atoms with Crippen LogP contribution < -0.4 is 5.32 Å². The summed E-state index contributed by atoms with van der Waals surface area (Å²) >= 11 is 0. The molecule has 1 N–H and O–H groups in total. The Kier molecular flexibility index (Phi) is 5.97. The van der Waals surface area contributed by atoms with E-state index >= 15 is 0 Å². The molecule has 0 amide bonds. The third-order valence-electron chi connectivity index (χ3n) is 4.53. The number of rotatable bonds is 5. The summed E-state index contributed by atoms with van der Waals surface area (Å²) < 4.78 is 44.7. The summed E-state index contributed by atoms with van der Waals surface area (Å²) in [5, 5.41) is 3.42. The summed E-state index contributed by atoms with van der Waals surface area (Å²) in [5.41, 5.74) is 0. The molecule has 0 aromatic carbocycles. The number of alkyl halides is 3. The van der Waals surface area contributed by atoms with Crippen molar-refractivity contribution in [2.45, 2.75) is 64.1 Å². The zero-order chi connectivity index (χ0) is 15.3. The van der Waals surface area contributed by atoms with Crippen LogP contribution in [-0.2, 0) is 4.74 Å². The normalized spacial score (nSPS) is 28.7. The van der Waals surface area contributed by atoms with Gasteiger partial charge >= 0.3 is 6.18 Å². The second kappa shape index (κ2) is 7.52. The molecule has 0 aromatic rings. The van der Waals surface area contributed by atoms with E-state index in [2.05, 4.69) is 18.3 Å². The predicted molar refractivity (Wildman–Crippen MR) is 76.9 cm³/mol. The lowest BCUT2D eigenvalue weighted by Crippen LogP contribution is -2.43. The highest BCUT2D eigenvalue weighted by Gasteiger charge is 2.44. The number of hydrogen-bond donors (Lipinski definition) is 1. The van der Waals surface area contributed by atoms with Crippen LogP contribution >= 0.6 is 0 Å². The fraction of sp³-hybridized carbons (Fsp3) is 0.875. The van der Waals surface area contributed by atoms with Crippen molar-refractivity contribution in [1.82, 2.24) is 5.32 Å². The summed E-state index contributed by atoms with van der Waals surface area (Å²) in [5.74, 6) is -0.241. The van der Waals surface area contributed by atoms with Crippen molar-refractivity contribution >= 4 is 0 Å². The number of hydrogen-bond acceptors (Lipinski definition) is 2. The predicted octanol–water partition coefficient (Wildman–Crippen LogP) is 4.42. The van der Waals surface area contributed by atoms with Crippen molar-refractivity contribution < 1.29 is 17.9 Å². The molecule has 2 nitrogen and oxygen atoms in total. The van der Waals surface area contributed by atoms with E-state index in [4.69, 9.17) is 4.74 Å². The van der Waals surface area contributed by atoms with Crippen molar-refractivity contribution in [2.75, 3.05) is 13.2 Å². The van der Waals surface area contributed by atoms with E-state index in [1.54, 1.807) is 0 Å². The third-order valence-corrected chi connectivity index (χ3v) is 4.53. The average Bonchev–Trinajstić information content (AvgIpc) is 2.48. The molecule has 122 valence electrons. The first-order valence-corrected chi connectivity index (χ1v) is 8.15. The molecule has 2 aliphatic rings. The van der Waals surface area contributed by atoms with Crippen LogP contribution in [0.5, 0.6) is 0 Å². The Bertz CT molecular complexity index is 354. The van der Waals surface area contributed by atoms with Crippen LogP contribution in [0.2, 0.25) is 0 Å². The molecule has 3 unspecified atom stereocenters. The van der Waals surface area contributed by atoms with Crippen molar-refractivity contribution in [3.8, 4) is 0 Å². The number of nitrogens with one attached hydrogen (secondary N) is 1. The smallest absolute Gasteiger partial charge is 0.391 e. The van der Waals surface area contributed by atoms with E-state index in [0.29, 0.717) is 13.0 Å². The Morgan fingerprint density at radius 1 is 1.33 bits per heavy atom. The molecule has 21 heavy (non-hydrogen) atoms. The quantitative estimate of drug-likeness (QED) is 0.812. The summed E-state index contributed by atoms with van der Waals surface area (Å²) in [6.45, 7) is 3.57. The Labute approximate surface area is 125 Å². The minimum atomic E-state index is -4.06.